The molecule has 0 aromatic heterocycles. The van der Waals surface area contributed by atoms with Gasteiger partial charge in [-0.05, 0) is 48.4 Å². The molecule has 0 unspecified atom stereocenters. The van der Waals surface area contributed by atoms with E-state index in [9.17, 15) is 4.39 Å². The fourth-order valence-corrected chi connectivity index (χ4v) is 1.75. The summed E-state index contributed by atoms with van der Waals surface area (Å²) in [7, 11) is 1.89. The quantitative estimate of drug-likeness (QED) is 0.885. The minimum absolute atomic E-state index is 0.229. The fourth-order valence-electron chi connectivity index (χ4n) is 1.75. The Morgan fingerprint density at radius 3 is 2.44 bits per heavy atom. The van der Waals surface area contributed by atoms with Crippen LogP contribution in [0.1, 0.15) is 11.1 Å². The van der Waals surface area contributed by atoms with E-state index in [4.69, 9.17) is 4.74 Å². The number of halogens is 1. The van der Waals surface area contributed by atoms with Crippen molar-refractivity contribution in [2.75, 3.05) is 12.4 Å². The minimum Gasteiger partial charge on any atom is -0.489 e. The zero-order valence-electron chi connectivity index (χ0n) is 10.5. The topological polar surface area (TPSA) is 21.3 Å². The van der Waals surface area contributed by atoms with Gasteiger partial charge in [0.25, 0.3) is 0 Å². The van der Waals surface area contributed by atoms with E-state index in [1.807, 2.05) is 32.2 Å². The number of hydrogen-bond acceptors (Lipinski definition) is 2. The molecule has 18 heavy (non-hydrogen) atoms. The normalized spacial score (nSPS) is 10.2. The Hall–Kier alpha value is -2.03. The molecule has 2 rings (SSSR count). The van der Waals surface area contributed by atoms with Crippen LogP contribution in [0.3, 0.4) is 0 Å². The molecule has 0 saturated heterocycles. The first-order valence-electron chi connectivity index (χ1n) is 5.84. The predicted molar refractivity (Wildman–Crippen MR) is 71.5 cm³/mol. The van der Waals surface area contributed by atoms with Crippen LogP contribution >= 0.6 is 0 Å². The first-order valence-corrected chi connectivity index (χ1v) is 5.84. The maximum absolute atomic E-state index is 12.7. The van der Waals surface area contributed by atoms with Gasteiger partial charge in [0.15, 0.2) is 0 Å². The molecule has 0 atom stereocenters. The lowest BCUT2D eigenvalue weighted by Crippen LogP contribution is -1.97. The van der Waals surface area contributed by atoms with E-state index in [2.05, 4.69) is 5.32 Å². The highest BCUT2D eigenvalue weighted by atomic mass is 19.1. The second-order valence-electron chi connectivity index (χ2n) is 4.14. The Morgan fingerprint density at radius 1 is 1.11 bits per heavy atom. The number of rotatable bonds is 4. The molecule has 94 valence electrons. The number of hydrogen-bond donors (Lipinski definition) is 1. The Labute approximate surface area is 106 Å². The van der Waals surface area contributed by atoms with Gasteiger partial charge in [-0.1, -0.05) is 12.1 Å². The van der Waals surface area contributed by atoms with Gasteiger partial charge < -0.3 is 10.1 Å². The number of benzene rings is 2. The smallest absolute Gasteiger partial charge is 0.123 e. The molecule has 1 N–H and O–H groups in total. The van der Waals surface area contributed by atoms with Crippen molar-refractivity contribution in [2.24, 2.45) is 0 Å². The summed E-state index contributed by atoms with van der Waals surface area (Å²) in [5.41, 5.74) is 3.17. The van der Waals surface area contributed by atoms with Crippen molar-refractivity contribution in [3.63, 3.8) is 0 Å². The van der Waals surface area contributed by atoms with Crippen molar-refractivity contribution in [3.8, 4) is 5.75 Å². The summed E-state index contributed by atoms with van der Waals surface area (Å²) in [6, 6.07) is 12.2. The second-order valence-corrected chi connectivity index (χ2v) is 4.14. The van der Waals surface area contributed by atoms with Crippen LogP contribution in [0.5, 0.6) is 5.75 Å². The lowest BCUT2D eigenvalue weighted by atomic mass is 10.2. The van der Waals surface area contributed by atoms with Gasteiger partial charge in [-0.2, -0.15) is 0 Å². The zero-order chi connectivity index (χ0) is 13.0. The highest BCUT2D eigenvalue weighted by Crippen LogP contribution is 2.21. The maximum atomic E-state index is 12.7. The highest BCUT2D eigenvalue weighted by Gasteiger charge is 2.00. The monoisotopic (exact) mass is 245 g/mol. The van der Waals surface area contributed by atoms with Crippen LogP contribution in [0.4, 0.5) is 10.1 Å². The molecule has 0 aliphatic rings. The molecule has 0 aliphatic carbocycles. The summed E-state index contributed by atoms with van der Waals surface area (Å²) < 4.78 is 18.4. The molecular formula is C15H16FNO. The Balaban J connectivity index is 2.02. The first-order chi connectivity index (χ1) is 8.69. The van der Waals surface area contributed by atoms with Crippen molar-refractivity contribution in [2.45, 2.75) is 13.5 Å². The van der Waals surface area contributed by atoms with Crippen molar-refractivity contribution in [1.82, 2.24) is 0 Å². The molecule has 0 amide bonds. The molecule has 0 spiro atoms. The third kappa shape index (κ3) is 3.00. The summed E-state index contributed by atoms with van der Waals surface area (Å²) in [6.07, 6.45) is 0. The molecule has 0 heterocycles. The van der Waals surface area contributed by atoms with Crippen molar-refractivity contribution >= 4 is 5.69 Å². The lowest BCUT2D eigenvalue weighted by molar-refractivity contribution is 0.306. The van der Waals surface area contributed by atoms with Gasteiger partial charge in [-0.15, -0.1) is 0 Å². The van der Waals surface area contributed by atoms with Crippen molar-refractivity contribution < 1.29 is 9.13 Å². The van der Waals surface area contributed by atoms with Crippen LogP contribution in [0, 0.1) is 12.7 Å². The van der Waals surface area contributed by atoms with E-state index in [1.165, 1.54) is 12.1 Å². The number of aryl methyl sites for hydroxylation is 1. The number of anilines is 1. The van der Waals surface area contributed by atoms with E-state index in [1.54, 1.807) is 12.1 Å². The van der Waals surface area contributed by atoms with Crippen molar-refractivity contribution in [1.29, 1.82) is 0 Å². The molecule has 2 aromatic rings. The van der Waals surface area contributed by atoms with E-state index in [0.29, 0.717) is 6.61 Å². The largest absolute Gasteiger partial charge is 0.489 e. The standard InChI is InChI=1S/C15H16FNO/c1-11-9-14(7-8-15(11)17-2)18-10-12-3-5-13(16)6-4-12/h3-9,17H,10H2,1-2H3. The Morgan fingerprint density at radius 2 is 1.83 bits per heavy atom. The highest BCUT2D eigenvalue weighted by molar-refractivity contribution is 5.53. The molecule has 3 heteroatoms. The number of ether oxygens (including phenoxy) is 1. The Bertz CT molecular complexity index is 523. The molecule has 2 aromatic carbocycles. The van der Waals surface area contributed by atoms with Crippen LogP contribution in [-0.2, 0) is 6.61 Å². The molecule has 2 nitrogen and oxygen atoms in total. The second kappa shape index (κ2) is 5.54. The summed E-state index contributed by atoms with van der Waals surface area (Å²) in [5, 5.41) is 3.11. The van der Waals surface area contributed by atoms with Gasteiger partial charge in [0, 0.05) is 12.7 Å². The Kier molecular flexibility index (Phi) is 3.82. The minimum atomic E-state index is -0.229. The van der Waals surface area contributed by atoms with Crippen molar-refractivity contribution in [3.05, 3.63) is 59.4 Å². The summed E-state index contributed by atoms with van der Waals surface area (Å²) in [5.74, 6) is 0.587. The van der Waals surface area contributed by atoms with Gasteiger partial charge in [0.05, 0.1) is 0 Å². The SMILES string of the molecule is CNc1ccc(OCc2ccc(F)cc2)cc1C. The summed E-state index contributed by atoms with van der Waals surface area (Å²) in [6.45, 7) is 2.47. The fraction of sp³-hybridized carbons (Fsp3) is 0.200. The zero-order valence-corrected chi connectivity index (χ0v) is 10.5. The first kappa shape index (κ1) is 12.4. The molecule has 0 bridgehead atoms. The molecule has 0 saturated carbocycles. The van der Waals surface area contributed by atoms with Crippen LogP contribution in [0.2, 0.25) is 0 Å². The summed E-state index contributed by atoms with van der Waals surface area (Å²) in [4.78, 5) is 0. The van der Waals surface area contributed by atoms with Gasteiger partial charge in [0.2, 0.25) is 0 Å². The van der Waals surface area contributed by atoms with Gasteiger partial charge in [0.1, 0.15) is 18.2 Å². The summed E-state index contributed by atoms with van der Waals surface area (Å²) >= 11 is 0. The van der Waals surface area contributed by atoms with Crippen LogP contribution in [-0.4, -0.2) is 7.05 Å². The van der Waals surface area contributed by atoms with Crippen LogP contribution in [0.15, 0.2) is 42.5 Å². The predicted octanol–water partition coefficient (Wildman–Crippen LogP) is 3.75. The molecule has 0 radical (unpaired) electrons. The van der Waals surface area contributed by atoms with E-state index >= 15 is 0 Å². The van der Waals surface area contributed by atoms with Gasteiger partial charge in [-0.3, -0.25) is 0 Å². The van der Waals surface area contributed by atoms with Crippen LogP contribution in [0.25, 0.3) is 0 Å². The lowest BCUT2D eigenvalue weighted by Gasteiger charge is -2.10. The van der Waals surface area contributed by atoms with Gasteiger partial charge >= 0.3 is 0 Å². The number of nitrogens with one attached hydrogen (secondary N) is 1. The molecule has 0 aliphatic heterocycles. The van der Waals surface area contributed by atoms with E-state index in [0.717, 1.165) is 22.6 Å². The molecule has 0 fully saturated rings. The third-order valence-corrected chi connectivity index (χ3v) is 2.79. The average Bonchev–Trinajstić information content (AvgIpc) is 2.38. The average molecular weight is 245 g/mol. The van der Waals surface area contributed by atoms with E-state index < -0.39 is 0 Å². The van der Waals surface area contributed by atoms with E-state index in [-0.39, 0.29) is 5.82 Å². The third-order valence-electron chi connectivity index (χ3n) is 2.79. The van der Waals surface area contributed by atoms with Gasteiger partial charge in [-0.25, -0.2) is 4.39 Å². The maximum Gasteiger partial charge on any atom is 0.123 e. The van der Waals surface area contributed by atoms with Crippen LogP contribution < -0.4 is 10.1 Å². The molecular weight excluding hydrogens is 229 g/mol.